The summed E-state index contributed by atoms with van der Waals surface area (Å²) in [4.78, 5) is 29.3. The van der Waals surface area contributed by atoms with Crippen molar-refractivity contribution in [2.24, 2.45) is 0 Å². The van der Waals surface area contributed by atoms with Crippen molar-refractivity contribution in [3.05, 3.63) is 76.8 Å². The first kappa shape index (κ1) is 26.2. The van der Waals surface area contributed by atoms with Crippen LogP contribution in [0, 0.1) is 17.1 Å². The lowest BCUT2D eigenvalue weighted by atomic mass is 9.65. The number of hydrogen-bond donors (Lipinski definition) is 0. The number of aromatic nitrogens is 2. The summed E-state index contributed by atoms with van der Waals surface area (Å²) in [7, 11) is 0. The Balaban J connectivity index is 1.48. The number of rotatable bonds is 5. The molecule has 1 saturated carbocycles. The number of carbonyl (C=O) groups excluding carboxylic acids is 2. The molecule has 1 aliphatic carbocycles. The predicted molar refractivity (Wildman–Crippen MR) is 119 cm³/mol. The maximum atomic E-state index is 14.8. The molecule has 0 radical (unpaired) electrons. The lowest BCUT2D eigenvalue weighted by Crippen LogP contribution is -2.72. The van der Waals surface area contributed by atoms with E-state index in [9.17, 15) is 35.9 Å². The van der Waals surface area contributed by atoms with Crippen LogP contribution in [0.25, 0.3) is 0 Å². The average molecular weight is 549 g/mol. The molecule has 39 heavy (non-hydrogen) atoms. The van der Waals surface area contributed by atoms with Gasteiger partial charge in [-0.25, -0.2) is 4.39 Å². The number of benzene rings is 2. The summed E-state index contributed by atoms with van der Waals surface area (Å²) in [6.45, 7) is -0.796. The molecule has 14 heteroatoms. The van der Waals surface area contributed by atoms with E-state index in [1.807, 2.05) is 0 Å². The van der Waals surface area contributed by atoms with Gasteiger partial charge in [-0.1, -0.05) is 12.1 Å². The van der Waals surface area contributed by atoms with Gasteiger partial charge in [0.05, 0.1) is 22.9 Å². The molecule has 8 nitrogen and oxygen atoms in total. The fourth-order valence-corrected chi connectivity index (χ4v) is 4.93. The van der Waals surface area contributed by atoms with Crippen molar-refractivity contribution in [1.82, 2.24) is 15.1 Å². The average Bonchev–Trinajstić information content (AvgIpc) is 3.35. The van der Waals surface area contributed by atoms with Crippen molar-refractivity contribution >= 4 is 17.5 Å². The molecule has 1 spiro atoms. The number of hydrogen-bond acceptors (Lipinski definition) is 6. The predicted octanol–water partition coefficient (Wildman–Crippen LogP) is 4.73. The third-order valence-corrected chi connectivity index (χ3v) is 6.90. The van der Waals surface area contributed by atoms with E-state index in [0.717, 1.165) is 23.1 Å². The second kappa shape index (κ2) is 9.40. The van der Waals surface area contributed by atoms with Gasteiger partial charge in [0.15, 0.2) is 0 Å². The molecular formula is C25H17F6N5O3. The zero-order valence-corrected chi connectivity index (χ0v) is 19.8. The van der Waals surface area contributed by atoms with Gasteiger partial charge in [0.25, 0.3) is 11.8 Å². The second-order valence-electron chi connectivity index (χ2n) is 9.26. The van der Waals surface area contributed by atoms with Crippen LogP contribution in [0.5, 0.6) is 0 Å². The van der Waals surface area contributed by atoms with Crippen molar-refractivity contribution in [3.63, 3.8) is 0 Å². The van der Waals surface area contributed by atoms with Gasteiger partial charge >= 0.3 is 12.6 Å². The van der Waals surface area contributed by atoms with Crippen LogP contribution >= 0.6 is 0 Å². The summed E-state index contributed by atoms with van der Waals surface area (Å²) in [5.41, 5.74) is -2.40. The third kappa shape index (κ3) is 4.58. The molecule has 2 aromatic carbocycles. The minimum absolute atomic E-state index is 0.000569. The van der Waals surface area contributed by atoms with Crippen LogP contribution in [0.3, 0.4) is 0 Å². The topological polar surface area (TPSA) is 103 Å². The van der Waals surface area contributed by atoms with E-state index >= 15 is 0 Å². The quantitative estimate of drug-likeness (QED) is 0.427. The summed E-state index contributed by atoms with van der Waals surface area (Å²) in [6.07, 6.45) is -7.83. The van der Waals surface area contributed by atoms with Crippen LogP contribution in [0.4, 0.5) is 32.0 Å². The first-order valence-electron chi connectivity index (χ1n) is 11.5. The molecule has 2 heterocycles. The minimum Gasteiger partial charge on any atom is -0.419 e. The van der Waals surface area contributed by atoms with Gasteiger partial charge < -0.3 is 9.32 Å². The Morgan fingerprint density at radius 1 is 1.10 bits per heavy atom. The molecule has 2 amide bonds. The largest absolute Gasteiger partial charge is 0.419 e. The third-order valence-electron chi connectivity index (χ3n) is 6.90. The highest BCUT2D eigenvalue weighted by Crippen LogP contribution is 2.51. The lowest BCUT2D eigenvalue weighted by molar-refractivity contribution is -0.160. The number of amides is 2. The van der Waals surface area contributed by atoms with Crippen molar-refractivity contribution < 1.29 is 40.3 Å². The van der Waals surface area contributed by atoms with E-state index in [1.165, 1.54) is 29.2 Å². The van der Waals surface area contributed by atoms with Crippen LogP contribution in [0.1, 0.15) is 53.7 Å². The number of carbonyl (C=O) groups is 2. The van der Waals surface area contributed by atoms with Crippen molar-refractivity contribution in [1.29, 1.82) is 5.26 Å². The van der Waals surface area contributed by atoms with Crippen LogP contribution < -0.4 is 4.90 Å². The number of alkyl halides is 5. The van der Waals surface area contributed by atoms with Gasteiger partial charge in [0.2, 0.25) is 11.8 Å². The molecule has 2 aliphatic rings. The van der Waals surface area contributed by atoms with E-state index < -0.39 is 59.7 Å². The van der Waals surface area contributed by atoms with Gasteiger partial charge in [-0.2, -0.15) is 27.2 Å². The fraction of sp³-hybridized carbons (Fsp3) is 0.320. The summed E-state index contributed by atoms with van der Waals surface area (Å²) < 4.78 is 84.7. The van der Waals surface area contributed by atoms with Crippen LogP contribution in [-0.2, 0) is 22.3 Å². The first-order chi connectivity index (χ1) is 18.4. The van der Waals surface area contributed by atoms with Crippen molar-refractivity contribution in [2.45, 2.75) is 43.4 Å². The van der Waals surface area contributed by atoms with Gasteiger partial charge in [-0.3, -0.25) is 14.5 Å². The Bertz CT molecular complexity index is 1470. The second-order valence-corrected chi connectivity index (χ2v) is 9.26. The van der Waals surface area contributed by atoms with Crippen LogP contribution in [0.15, 0.2) is 46.9 Å². The monoisotopic (exact) mass is 549 g/mol. The SMILES string of the molecule is N#Cc1ccc(N2CC(=O)N(Cc3ccc(C(F)(F)F)cc3)[C@]3(C[C@@H](c4nnc(C(F)F)o4)C3)C2=O)c(F)c1. The molecule has 1 aliphatic heterocycles. The van der Waals surface area contributed by atoms with Crippen LogP contribution in [0.2, 0.25) is 0 Å². The summed E-state index contributed by atoms with van der Waals surface area (Å²) in [6, 6.07) is 9.24. The Hall–Kier alpha value is -4.41. The Labute approximate surface area is 216 Å². The number of nitrogens with zero attached hydrogens (tertiary/aromatic N) is 5. The van der Waals surface area contributed by atoms with Gasteiger partial charge in [-0.05, 0) is 48.7 Å². The normalized spacial score (nSPS) is 21.4. The molecule has 3 aromatic rings. The van der Waals surface area contributed by atoms with E-state index in [4.69, 9.17) is 9.68 Å². The van der Waals surface area contributed by atoms with E-state index in [0.29, 0.717) is 5.56 Å². The Kier molecular flexibility index (Phi) is 6.32. The maximum Gasteiger partial charge on any atom is 0.416 e. The number of piperazine rings is 1. The van der Waals surface area contributed by atoms with E-state index in [-0.39, 0.29) is 36.5 Å². The fourth-order valence-electron chi connectivity index (χ4n) is 4.93. The van der Waals surface area contributed by atoms with E-state index in [1.54, 1.807) is 6.07 Å². The lowest BCUT2D eigenvalue weighted by Gasteiger charge is -2.56. The molecule has 1 aromatic heterocycles. The minimum atomic E-state index is -4.56. The van der Waals surface area contributed by atoms with Gasteiger partial charge in [-0.15, -0.1) is 10.2 Å². The summed E-state index contributed by atoms with van der Waals surface area (Å²) in [5, 5.41) is 15.9. The van der Waals surface area contributed by atoms with Gasteiger partial charge in [0.1, 0.15) is 17.9 Å². The molecule has 5 rings (SSSR count). The maximum absolute atomic E-state index is 14.8. The molecule has 0 unspecified atom stereocenters. The summed E-state index contributed by atoms with van der Waals surface area (Å²) in [5.74, 6) is -3.94. The highest BCUT2D eigenvalue weighted by atomic mass is 19.4. The Morgan fingerprint density at radius 2 is 1.79 bits per heavy atom. The highest BCUT2D eigenvalue weighted by Gasteiger charge is 2.61. The number of halogens is 6. The smallest absolute Gasteiger partial charge is 0.416 e. The Morgan fingerprint density at radius 3 is 2.36 bits per heavy atom. The van der Waals surface area contributed by atoms with Crippen molar-refractivity contribution in [2.75, 3.05) is 11.4 Å². The van der Waals surface area contributed by atoms with Crippen molar-refractivity contribution in [3.8, 4) is 6.07 Å². The first-order valence-corrected chi connectivity index (χ1v) is 11.5. The number of anilines is 1. The van der Waals surface area contributed by atoms with E-state index in [2.05, 4.69) is 10.2 Å². The van der Waals surface area contributed by atoms with Gasteiger partial charge in [0, 0.05) is 12.5 Å². The molecule has 0 N–H and O–H groups in total. The number of nitriles is 1. The molecule has 2 fully saturated rings. The van der Waals surface area contributed by atoms with Crippen LogP contribution in [-0.4, -0.2) is 39.0 Å². The molecule has 1 saturated heterocycles. The molecule has 0 atom stereocenters. The zero-order valence-electron chi connectivity index (χ0n) is 19.8. The molecule has 0 bridgehead atoms. The molecule has 202 valence electrons. The zero-order chi connectivity index (χ0) is 28.1. The highest BCUT2D eigenvalue weighted by molar-refractivity contribution is 6.10. The summed E-state index contributed by atoms with van der Waals surface area (Å²) >= 11 is 0. The molecular weight excluding hydrogens is 532 g/mol. The standard InChI is InChI=1S/C25H17F6N5O3/c26-17-7-14(10-32)3-6-18(17)35-12-19(37)36(11-13-1-4-16(5-2-13)25(29,30)31)24(23(35)38)8-15(9-24)21-33-34-22(39-21)20(27)28/h1-7,15,20H,8-9,11-12H2/t15-,24+.